The van der Waals surface area contributed by atoms with Gasteiger partial charge in [-0.1, -0.05) is 19.9 Å². The van der Waals surface area contributed by atoms with Gasteiger partial charge in [-0.25, -0.2) is 0 Å². The maximum atomic E-state index is 5.56. The fraction of sp³-hybridized carbons (Fsp3) is 0.562. The number of hydrogen-bond donors (Lipinski definition) is 1. The lowest BCUT2D eigenvalue weighted by Gasteiger charge is -2.36. The fourth-order valence-corrected chi connectivity index (χ4v) is 3.35. The van der Waals surface area contributed by atoms with Crippen molar-refractivity contribution in [2.45, 2.75) is 34.1 Å². The summed E-state index contributed by atoms with van der Waals surface area (Å²) in [6.45, 7) is 11.0. The van der Waals surface area contributed by atoms with Crippen molar-refractivity contribution in [2.24, 2.45) is 11.8 Å². The van der Waals surface area contributed by atoms with E-state index in [1.807, 2.05) is 0 Å². The highest BCUT2D eigenvalue weighted by molar-refractivity contribution is 7.80. The van der Waals surface area contributed by atoms with Gasteiger partial charge in [-0.2, -0.15) is 0 Å². The molecule has 0 spiro atoms. The lowest BCUT2D eigenvalue weighted by molar-refractivity contribution is 0.216. The summed E-state index contributed by atoms with van der Waals surface area (Å²) in [4.78, 5) is 2.31. The minimum absolute atomic E-state index is 0.725. The summed E-state index contributed by atoms with van der Waals surface area (Å²) in [5.41, 5.74) is 3.64. The highest BCUT2D eigenvalue weighted by atomic mass is 32.1. The molecule has 0 bridgehead atoms. The van der Waals surface area contributed by atoms with Crippen LogP contribution in [0.25, 0.3) is 0 Å². The quantitative estimate of drug-likeness (QED) is 0.781. The molecule has 1 aliphatic heterocycles. The number of thiocarbonyl (C=S) groups is 1. The first-order valence-electron chi connectivity index (χ1n) is 7.08. The van der Waals surface area contributed by atoms with E-state index in [0.29, 0.717) is 0 Å². The average molecular weight is 276 g/mol. The van der Waals surface area contributed by atoms with Gasteiger partial charge in [-0.3, -0.25) is 0 Å². The molecular formula is C16H24N2S. The molecule has 0 aliphatic carbocycles. The molecular weight excluding hydrogens is 252 g/mol. The Bertz CT molecular complexity index is 440. The van der Waals surface area contributed by atoms with Crippen molar-refractivity contribution in [1.82, 2.24) is 4.90 Å². The molecule has 0 saturated carbocycles. The van der Waals surface area contributed by atoms with Gasteiger partial charge in [0.1, 0.15) is 0 Å². The number of aryl methyl sites for hydroxylation is 2. The van der Waals surface area contributed by atoms with Crippen molar-refractivity contribution < 1.29 is 0 Å². The van der Waals surface area contributed by atoms with E-state index in [0.717, 1.165) is 35.7 Å². The third kappa shape index (κ3) is 3.93. The van der Waals surface area contributed by atoms with Gasteiger partial charge in [0.05, 0.1) is 0 Å². The van der Waals surface area contributed by atoms with Crippen LogP contribution in [-0.2, 0) is 0 Å². The molecule has 0 aromatic heterocycles. The van der Waals surface area contributed by atoms with Crippen LogP contribution in [0.4, 0.5) is 5.69 Å². The number of hydrogen-bond acceptors (Lipinski definition) is 1. The second-order valence-corrected chi connectivity index (χ2v) is 6.54. The van der Waals surface area contributed by atoms with Gasteiger partial charge in [0.15, 0.2) is 5.11 Å². The molecule has 1 aromatic carbocycles. The Labute approximate surface area is 122 Å². The Morgan fingerprint density at radius 1 is 1.11 bits per heavy atom. The summed E-state index contributed by atoms with van der Waals surface area (Å²) in [6.07, 6.45) is 1.31. The SMILES string of the molecule is Cc1cc(C)cc(NC(=S)N2CC(C)CC(C)C2)c1. The molecule has 3 heteroatoms. The molecule has 1 heterocycles. The zero-order valence-corrected chi connectivity index (χ0v) is 13.2. The highest BCUT2D eigenvalue weighted by Crippen LogP contribution is 2.22. The van der Waals surface area contributed by atoms with Crippen LogP contribution in [-0.4, -0.2) is 23.1 Å². The zero-order valence-electron chi connectivity index (χ0n) is 12.4. The van der Waals surface area contributed by atoms with Gasteiger partial charge >= 0.3 is 0 Å². The van der Waals surface area contributed by atoms with Crippen molar-refractivity contribution in [3.63, 3.8) is 0 Å². The zero-order chi connectivity index (χ0) is 14.0. The van der Waals surface area contributed by atoms with Gasteiger partial charge < -0.3 is 10.2 Å². The Kier molecular flexibility index (Phi) is 4.46. The molecule has 2 unspecified atom stereocenters. The molecule has 1 aliphatic rings. The molecule has 104 valence electrons. The highest BCUT2D eigenvalue weighted by Gasteiger charge is 2.23. The Hall–Kier alpha value is -1.09. The first-order valence-corrected chi connectivity index (χ1v) is 7.49. The van der Waals surface area contributed by atoms with E-state index in [-0.39, 0.29) is 0 Å². The number of anilines is 1. The van der Waals surface area contributed by atoms with E-state index < -0.39 is 0 Å². The number of benzene rings is 1. The van der Waals surface area contributed by atoms with Crippen LogP contribution in [0.1, 0.15) is 31.4 Å². The van der Waals surface area contributed by atoms with Gasteiger partial charge in [0.25, 0.3) is 0 Å². The average Bonchev–Trinajstić information content (AvgIpc) is 2.25. The summed E-state index contributed by atoms with van der Waals surface area (Å²) in [6, 6.07) is 6.48. The maximum absolute atomic E-state index is 5.56. The van der Waals surface area contributed by atoms with Crippen molar-refractivity contribution in [2.75, 3.05) is 18.4 Å². The molecule has 0 radical (unpaired) electrons. The van der Waals surface area contributed by atoms with Gasteiger partial charge in [0, 0.05) is 18.8 Å². The second kappa shape index (κ2) is 5.91. The monoisotopic (exact) mass is 276 g/mol. The largest absolute Gasteiger partial charge is 0.348 e. The molecule has 2 atom stereocenters. The van der Waals surface area contributed by atoms with E-state index >= 15 is 0 Å². The first-order chi connectivity index (χ1) is 8.94. The van der Waals surface area contributed by atoms with E-state index in [4.69, 9.17) is 12.2 Å². The third-order valence-electron chi connectivity index (χ3n) is 3.63. The van der Waals surface area contributed by atoms with Crippen LogP contribution in [0, 0.1) is 25.7 Å². The number of nitrogens with one attached hydrogen (secondary N) is 1. The van der Waals surface area contributed by atoms with Gasteiger partial charge in [-0.15, -0.1) is 0 Å². The summed E-state index contributed by atoms with van der Waals surface area (Å²) >= 11 is 5.56. The van der Waals surface area contributed by atoms with E-state index in [2.05, 4.69) is 56.1 Å². The minimum Gasteiger partial charge on any atom is -0.348 e. The Balaban J connectivity index is 2.04. The third-order valence-corrected chi connectivity index (χ3v) is 3.99. The van der Waals surface area contributed by atoms with Crippen LogP contribution in [0.3, 0.4) is 0 Å². The topological polar surface area (TPSA) is 15.3 Å². The van der Waals surface area contributed by atoms with Crippen LogP contribution in [0.5, 0.6) is 0 Å². The number of nitrogens with zero attached hydrogens (tertiary/aromatic N) is 1. The Morgan fingerprint density at radius 3 is 2.16 bits per heavy atom. The van der Waals surface area contributed by atoms with Gasteiger partial charge in [-0.05, 0) is 67.6 Å². The first kappa shape index (κ1) is 14.3. The number of rotatable bonds is 1. The maximum Gasteiger partial charge on any atom is 0.173 e. The van der Waals surface area contributed by atoms with Crippen LogP contribution in [0.2, 0.25) is 0 Å². The van der Waals surface area contributed by atoms with Crippen molar-refractivity contribution >= 4 is 23.0 Å². The van der Waals surface area contributed by atoms with E-state index in [9.17, 15) is 0 Å². The minimum atomic E-state index is 0.725. The van der Waals surface area contributed by atoms with Crippen LogP contribution >= 0.6 is 12.2 Å². The summed E-state index contributed by atoms with van der Waals surface area (Å²) in [5.74, 6) is 1.45. The molecule has 1 fully saturated rings. The summed E-state index contributed by atoms with van der Waals surface area (Å²) in [5, 5.41) is 4.26. The molecule has 1 aromatic rings. The van der Waals surface area contributed by atoms with Crippen molar-refractivity contribution in [3.05, 3.63) is 29.3 Å². The molecule has 1 saturated heterocycles. The Morgan fingerprint density at radius 2 is 1.63 bits per heavy atom. The number of likely N-dealkylation sites (tertiary alicyclic amines) is 1. The number of piperidine rings is 1. The summed E-state index contributed by atoms with van der Waals surface area (Å²) in [7, 11) is 0. The smallest absolute Gasteiger partial charge is 0.173 e. The molecule has 2 rings (SSSR count). The molecule has 19 heavy (non-hydrogen) atoms. The van der Waals surface area contributed by atoms with Crippen LogP contribution < -0.4 is 5.32 Å². The van der Waals surface area contributed by atoms with E-state index in [1.54, 1.807) is 0 Å². The van der Waals surface area contributed by atoms with Gasteiger partial charge in [0.2, 0.25) is 0 Å². The summed E-state index contributed by atoms with van der Waals surface area (Å²) < 4.78 is 0. The molecule has 2 nitrogen and oxygen atoms in total. The lowest BCUT2D eigenvalue weighted by atomic mass is 9.92. The normalized spacial score (nSPS) is 23.3. The van der Waals surface area contributed by atoms with E-state index in [1.165, 1.54) is 17.5 Å². The lowest BCUT2D eigenvalue weighted by Crippen LogP contribution is -2.44. The van der Waals surface area contributed by atoms with Crippen LogP contribution in [0.15, 0.2) is 18.2 Å². The molecule has 0 amide bonds. The second-order valence-electron chi connectivity index (χ2n) is 6.16. The predicted molar refractivity (Wildman–Crippen MR) is 86.7 cm³/mol. The van der Waals surface area contributed by atoms with Crippen molar-refractivity contribution in [1.29, 1.82) is 0 Å². The van der Waals surface area contributed by atoms with Crippen molar-refractivity contribution in [3.8, 4) is 0 Å². The fourth-order valence-electron chi connectivity index (χ4n) is 3.08. The predicted octanol–water partition coefficient (Wildman–Crippen LogP) is 3.98. The molecule has 1 N–H and O–H groups in total. The standard InChI is InChI=1S/C16H24N2S/c1-11-5-12(2)8-15(7-11)17-16(19)18-9-13(3)6-14(4)10-18/h5,7-8,13-14H,6,9-10H2,1-4H3,(H,17,19).